The third-order valence-electron chi connectivity index (χ3n) is 2.98. The van der Waals surface area contributed by atoms with Gasteiger partial charge >= 0.3 is 12.6 Å². The van der Waals surface area contributed by atoms with Gasteiger partial charge in [-0.05, 0) is 31.0 Å². The second-order valence-electron chi connectivity index (χ2n) is 4.58. The maximum atomic E-state index is 12.2. The molecule has 2 unspecified atom stereocenters. The maximum absolute atomic E-state index is 12.2. The summed E-state index contributed by atoms with van der Waals surface area (Å²) < 4.78 is 28.6. The highest BCUT2D eigenvalue weighted by molar-refractivity contribution is 5.74. The van der Waals surface area contributed by atoms with Gasteiger partial charge in [-0.2, -0.15) is 8.78 Å². The molecule has 21 heavy (non-hydrogen) atoms. The van der Waals surface area contributed by atoms with Crippen molar-refractivity contribution < 1.29 is 23.4 Å². The molecule has 5 nitrogen and oxygen atoms in total. The lowest BCUT2D eigenvalue weighted by molar-refractivity contribution is -0.0499. The van der Waals surface area contributed by atoms with E-state index in [1.54, 1.807) is 19.1 Å². The van der Waals surface area contributed by atoms with Crippen LogP contribution in [0, 0.1) is 0 Å². The normalized spacial score (nSPS) is 13.6. The van der Waals surface area contributed by atoms with Gasteiger partial charge in [0.05, 0.1) is 18.7 Å². The van der Waals surface area contributed by atoms with Gasteiger partial charge in [-0.25, -0.2) is 4.79 Å². The number of alkyl halides is 2. The zero-order valence-corrected chi connectivity index (χ0v) is 12.0. The minimum atomic E-state index is -2.89. The van der Waals surface area contributed by atoms with Gasteiger partial charge in [0.15, 0.2) is 0 Å². The third kappa shape index (κ3) is 5.95. The quantitative estimate of drug-likeness (QED) is 0.724. The molecule has 0 heterocycles. The summed E-state index contributed by atoms with van der Waals surface area (Å²) in [6.07, 6.45) is 0.607. The predicted octanol–water partition coefficient (Wildman–Crippen LogP) is 2.42. The highest BCUT2D eigenvalue weighted by Gasteiger charge is 2.14. The number of halogens is 2. The Morgan fingerprint density at radius 2 is 2.10 bits per heavy atom. The summed E-state index contributed by atoms with van der Waals surface area (Å²) >= 11 is 0. The Morgan fingerprint density at radius 1 is 1.38 bits per heavy atom. The molecule has 0 saturated carbocycles. The molecule has 118 valence electrons. The zero-order chi connectivity index (χ0) is 15.8. The number of urea groups is 1. The van der Waals surface area contributed by atoms with Gasteiger partial charge < -0.3 is 20.5 Å². The van der Waals surface area contributed by atoms with E-state index in [0.717, 1.165) is 0 Å². The van der Waals surface area contributed by atoms with E-state index in [-0.39, 0.29) is 24.4 Å². The fraction of sp³-hybridized carbons (Fsp3) is 0.500. The van der Waals surface area contributed by atoms with Crippen molar-refractivity contribution in [1.82, 2.24) is 10.6 Å². The topological polar surface area (TPSA) is 70.6 Å². The van der Waals surface area contributed by atoms with Crippen LogP contribution in [0.15, 0.2) is 24.3 Å². The number of aliphatic hydroxyl groups is 1. The lowest BCUT2D eigenvalue weighted by atomic mass is 10.1. The van der Waals surface area contributed by atoms with Crippen molar-refractivity contribution in [3.63, 3.8) is 0 Å². The highest BCUT2D eigenvalue weighted by Crippen LogP contribution is 2.20. The molecule has 1 rings (SSSR count). The van der Waals surface area contributed by atoms with Crippen molar-refractivity contribution in [3.05, 3.63) is 29.8 Å². The van der Waals surface area contributed by atoms with Crippen LogP contribution in [-0.4, -0.2) is 30.4 Å². The highest BCUT2D eigenvalue weighted by atomic mass is 19.3. The molecule has 0 aliphatic rings. The van der Waals surface area contributed by atoms with Crippen molar-refractivity contribution in [2.45, 2.75) is 39.0 Å². The predicted molar refractivity (Wildman–Crippen MR) is 74.3 cm³/mol. The number of aliphatic hydroxyl groups excluding tert-OH is 1. The van der Waals surface area contributed by atoms with Crippen LogP contribution in [0.2, 0.25) is 0 Å². The van der Waals surface area contributed by atoms with Crippen molar-refractivity contribution in [3.8, 4) is 5.75 Å². The van der Waals surface area contributed by atoms with Crippen LogP contribution in [0.5, 0.6) is 5.75 Å². The molecule has 0 bridgehead atoms. The molecule has 3 N–H and O–H groups in total. The Bertz CT molecular complexity index is 454. The Balaban J connectivity index is 2.62. The van der Waals surface area contributed by atoms with E-state index in [9.17, 15) is 13.6 Å². The first-order chi connectivity index (χ1) is 9.96. The van der Waals surface area contributed by atoms with Gasteiger partial charge in [0.25, 0.3) is 0 Å². The lowest BCUT2D eigenvalue weighted by Crippen LogP contribution is -2.44. The number of nitrogens with one attached hydrogen (secondary N) is 2. The number of rotatable bonds is 7. The number of amides is 2. The fourth-order valence-corrected chi connectivity index (χ4v) is 1.74. The van der Waals surface area contributed by atoms with Crippen molar-refractivity contribution in [2.24, 2.45) is 0 Å². The van der Waals surface area contributed by atoms with E-state index in [1.165, 1.54) is 12.1 Å². The number of ether oxygens (including phenoxy) is 1. The van der Waals surface area contributed by atoms with E-state index >= 15 is 0 Å². The van der Waals surface area contributed by atoms with E-state index in [1.807, 2.05) is 6.92 Å². The van der Waals surface area contributed by atoms with Gasteiger partial charge in [0.1, 0.15) is 5.75 Å². The molecule has 0 aromatic heterocycles. The molecule has 1 aromatic carbocycles. The molecule has 0 radical (unpaired) electrons. The largest absolute Gasteiger partial charge is 0.435 e. The second-order valence-corrected chi connectivity index (χ2v) is 4.58. The summed E-state index contributed by atoms with van der Waals surface area (Å²) in [4.78, 5) is 11.7. The number of carbonyl (C=O) groups excluding carboxylic acids is 1. The molecular formula is C14H20F2N2O3. The maximum Gasteiger partial charge on any atom is 0.387 e. The van der Waals surface area contributed by atoms with Gasteiger partial charge in [-0.15, -0.1) is 0 Å². The summed E-state index contributed by atoms with van der Waals surface area (Å²) in [6, 6.07) is 5.01. The SMILES string of the molecule is CCC(CO)NC(=O)NC(C)c1cccc(OC(F)F)c1. The summed E-state index contributed by atoms with van der Waals surface area (Å²) in [7, 11) is 0. The number of benzene rings is 1. The van der Waals surface area contributed by atoms with Gasteiger partial charge in [0.2, 0.25) is 0 Å². The average Bonchev–Trinajstić information content (AvgIpc) is 2.44. The van der Waals surface area contributed by atoms with Crippen LogP contribution >= 0.6 is 0 Å². The van der Waals surface area contributed by atoms with Crippen molar-refractivity contribution in [2.75, 3.05) is 6.61 Å². The molecule has 2 amide bonds. The average molecular weight is 302 g/mol. The van der Waals surface area contributed by atoms with Crippen LogP contribution < -0.4 is 15.4 Å². The van der Waals surface area contributed by atoms with E-state index in [2.05, 4.69) is 15.4 Å². The molecular weight excluding hydrogens is 282 g/mol. The van der Waals surface area contributed by atoms with Gasteiger partial charge in [-0.3, -0.25) is 0 Å². The first-order valence-electron chi connectivity index (χ1n) is 6.68. The first kappa shape index (κ1) is 17.2. The van der Waals surface area contributed by atoms with E-state index < -0.39 is 12.6 Å². The Hall–Kier alpha value is -1.89. The Morgan fingerprint density at radius 3 is 2.67 bits per heavy atom. The molecule has 0 saturated heterocycles. The van der Waals surface area contributed by atoms with Crippen LogP contribution in [0.25, 0.3) is 0 Å². The second kappa shape index (κ2) is 8.41. The minimum absolute atomic E-state index is 0.0401. The molecule has 0 aliphatic heterocycles. The molecule has 0 spiro atoms. The smallest absolute Gasteiger partial charge is 0.387 e. The number of carbonyl (C=O) groups is 1. The van der Waals surface area contributed by atoms with Crippen molar-refractivity contribution in [1.29, 1.82) is 0 Å². The molecule has 0 aliphatic carbocycles. The van der Waals surface area contributed by atoms with E-state index in [4.69, 9.17) is 5.11 Å². The Labute approximate surface area is 122 Å². The summed E-state index contributed by atoms with van der Waals surface area (Å²) in [5.74, 6) is 0.0401. The summed E-state index contributed by atoms with van der Waals surface area (Å²) in [5, 5.41) is 14.3. The minimum Gasteiger partial charge on any atom is -0.435 e. The van der Waals surface area contributed by atoms with Crippen LogP contribution in [0.4, 0.5) is 13.6 Å². The number of hydrogen-bond acceptors (Lipinski definition) is 3. The summed E-state index contributed by atoms with van der Waals surface area (Å²) in [6.45, 7) is 0.536. The fourth-order valence-electron chi connectivity index (χ4n) is 1.74. The molecule has 1 aromatic rings. The van der Waals surface area contributed by atoms with Crippen LogP contribution in [-0.2, 0) is 0 Å². The molecule has 2 atom stereocenters. The van der Waals surface area contributed by atoms with Gasteiger partial charge in [0, 0.05) is 0 Å². The first-order valence-corrected chi connectivity index (χ1v) is 6.68. The van der Waals surface area contributed by atoms with E-state index in [0.29, 0.717) is 12.0 Å². The lowest BCUT2D eigenvalue weighted by Gasteiger charge is -2.19. The molecule has 7 heteroatoms. The van der Waals surface area contributed by atoms with Gasteiger partial charge in [-0.1, -0.05) is 19.1 Å². The Kier molecular flexibility index (Phi) is 6.87. The molecule has 0 fully saturated rings. The number of hydrogen-bond donors (Lipinski definition) is 3. The van der Waals surface area contributed by atoms with Crippen molar-refractivity contribution >= 4 is 6.03 Å². The van der Waals surface area contributed by atoms with Crippen LogP contribution in [0.1, 0.15) is 31.9 Å². The monoisotopic (exact) mass is 302 g/mol. The summed E-state index contributed by atoms with van der Waals surface area (Å²) in [5.41, 5.74) is 0.639. The third-order valence-corrected chi connectivity index (χ3v) is 2.98. The standard InChI is InChI=1S/C14H20F2N2O3/c1-3-11(8-19)18-14(20)17-9(2)10-5-4-6-12(7-10)21-13(15)16/h4-7,9,11,13,19H,3,8H2,1-2H3,(H2,17,18,20). The van der Waals surface area contributed by atoms with Crippen LogP contribution in [0.3, 0.4) is 0 Å². The zero-order valence-electron chi connectivity index (χ0n) is 12.0.